The molecule has 0 fully saturated rings. The molecule has 4 nitrogen and oxygen atoms in total. The van der Waals surface area contributed by atoms with Crippen LogP contribution in [0, 0.1) is 6.92 Å². The zero-order valence-corrected chi connectivity index (χ0v) is 16.3. The summed E-state index contributed by atoms with van der Waals surface area (Å²) >= 11 is 6.08. The molecule has 0 atom stereocenters. The minimum absolute atomic E-state index is 0.0966. The third-order valence-corrected chi connectivity index (χ3v) is 5.06. The van der Waals surface area contributed by atoms with Crippen molar-refractivity contribution in [1.29, 1.82) is 0 Å². The van der Waals surface area contributed by atoms with Crippen LogP contribution in [0.1, 0.15) is 27.0 Å². The van der Waals surface area contributed by atoms with Crippen molar-refractivity contribution in [1.82, 2.24) is 15.1 Å². The molecule has 0 saturated heterocycles. The Kier molecular flexibility index (Phi) is 5.13. The number of aryl methyl sites for hydroxylation is 1. The third kappa shape index (κ3) is 3.92. The maximum atomic E-state index is 12.7. The third-order valence-electron chi connectivity index (χ3n) is 4.83. The summed E-state index contributed by atoms with van der Waals surface area (Å²) in [6.07, 6.45) is 1.81. The fourth-order valence-electron chi connectivity index (χ4n) is 3.23. The predicted molar refractivity (Wildman–Crippen MR) is 113 cm³/mol. The Morgan fingerprint density at radius 2 is 1.93 bits per heavy atom. The average Bonchev–Trinajstić information content (AvgIpc) is 3.09. The van der Waals surface area contributed by atoms with E-state index in [1.165, 1.54) is 0 Å². The van der Waals surface area contributed by atoms with Crippen molar-refractivity contribution in [3.8, 4) is 0 Å². The van der Waals surface area contributed by atoms with Crippen molar-refractivity contribution in [3.63, 3.8) is 0 Å². The number of rotatable bonds is 5. The molecule has 5 heteroatoms. The molecule has 1 N–H and O–H groups in total. The van der Waals surface area contributed by atoms with E-state index < -0.39 is 0 Å². The first-order valence-electron chi connectivity index (χ1n) is 9.13. The molecule has 0 saturated carbocycles. The SMILES string of the molecule is Cc1ccccc1CNC(=O)c1ccc2cnn(Cc3cccc(Cl)c3)c2c1. The molecular weight excluding hydrogens is 370 g/mol. The second kappa shape index (κ2) is 7.87. The molecule has 1 heterocycles. The van der Waals surface area contributed by atoms with Gasteiger partial charge >= 0.3 is 0 Å². The summed E-state index contributed by atoms with van der Waals surface area (Å²) in [5, 5.41) is 9.17. The van der Waals surface area contributed by atoms with Crippen LogP contribution in [-0.2, 0) is 13.1 Å². The molecule has 4 rings (SSSR count). The van der Waals surface area contributed by atoms with Gasteiger partial charge in [-0.2, -0.15) is 5.10 Å². The van der Waals surface area contributed by atoms with E-state index in [2.05, 4.69) is 10.4 Å². The second-order valence-electron chi connectivity index (χ2n) is 6.81. The van der Waals surface area contributed by atoms with Crippen LogP contribution >= 0.6 is 11.6 Å². The molecule has 0 radical (unpaired) electrons. The normalized spacial score (nSPS) is 10.9. The fraction of sp³-hybridized carbons (Fsp3) is 0.130. The molecule has 140 valence electrons. The van der Waals surface area contributed by atoms with Gasteiger partial charge in [0.2, 0.25) is 0 Å². The van der Waals surface area contributed by atoms with Crippen LogP contribution in [-0.4, -0.2) is 15.7 Å². The van der Waals surface area contributed by atoms with Crippen LogP contribution in [0.2, 0.25) is 5.02 Å². The standard InChI is InChI=1S/C23H20ClN3O/c1-16-5-2-3-7-19(16)13-25-23(28)18-9-10-20-14-26-27(22(20)12-18)15-17-6-4-8-21(24)11-17/h2-12,14H,13,15H2,1H3,(H,25,28). The molecule has 1 aromatic heterocycles. The van der Waals surface area contributed by atoms with E-state index in [-0.39, 0.29) is 5.91 Å². The topological polar surface area (TPSA) is 46.9 Å². The van der Waals surface area contributed by atoms with Crippen molar-refractivity contribution in [2.45, 2.75) is 20.0 Å². The number of nitrogens with zero attached hydrogens (tertiary/aromatic N) is 2. The highest BCUT2D eigenvalue weighted by Crippen LogP contribution is 2.19. The lowest BCUT2D eigenvalue weighted by Gasteiger charge is -2.09. The Hall–Kier alpha value is -3.11. The summed E-state index contributed by atoms with van der Waals surface area (Å²) in [6, 6.07) is 21.4. The van der Waals surface area contributed by atoms with E-state index >= 15 is 0 Å². The minimum atomic E-state index is -0.0966. The zero-order chi connectivity index (χ0) is 19.5. The summed E-state index contributed by atoms with van der Waals surface area (Å²) in [7, 11) is 0. The summed E-state index contributed by atoms with van der Waals surface area (Å²) in [6.45, 7) is 3.14. The van der Waals surface area contributed by atoms with Gasteiger partial charge in [0.15, 0.2) is 0 Å². The molecule has 0 unspecified atom stereocenters. The summed E-state index contributed by atoms with van der Waals surface area (Å²) < 4.78 is 1.89. The van der Waals surface area contributed by atoms with Crippen molar-refractivity contribution in [2.75, 3.05) is 0 Å². The van der Waals surface area contributed by atoms with Gasteiger partial charge in [-0.1, -0.05) is 54.1 Å². The van der Waals surface area contributed by atoms with Gasteiger partial charge in [0.1, 0.15) is 0 Å². The highest BCUT2D eigenvalue weighted by Gasteiger charge is 2.10. The van der Waals surface area contributed by atoms with Crippen molar-refractivity contribution < 1.29 is 4.79 Å². The Balaban J connectivity index is 1.55. The van der Waals surface area contributed by atoms with Gasteiger partial charge in [0.25, 0.3) is 5.91 Å². The Labute approximate surface area is 168 Å². The van der Waals surface area contributed by atoms with E-state index in [1.807, 2.05) is 84.5 Å². The lowest BCUT2D eigenvalue weighted by molar-refractivity contribution is 0.0951. The molecule has 0 aliphatic carbocycles. The molecule has 0 aliphatic rings. The minimum Gasteiger partial charge on any atom is -0.348 e. The molecule has 0 aliphatic heterocycles. The monoisotopic (exact) mass is 389 g/mol. The van der Waals surface area contributed by atoms with E-state index in [4.69, 9.17) is 11.6 Å². The number of hydrogen-bond donors (Lipinski definition) is 1. The van der Waals surface area contributed by atoms with Gasteiger partial charge in [0.05, 0.1) is 18.3 Å². The quantitative estimate of drug-likeness (QED) is 0.523. The van der Waals surface area contributed by atoms with Crippen LogP contribution in [0.3, 0.4) is 0 Å². The van der Waals surface area contributed by atoms with Crippen LogP contribution in [0.4, 0.5) is 0 Å². The Morgan fingerprint density at radius 3 is 2.75 bits per heavy atom. The Morgan fingerprint density at radius 1 is 1.07 bits per heavy atom. The largest absolute Gasteiger partial charge is 0.348 e. The number of halogens is 1. The van der Waals surface area contributed by atoms with Crippen molar-refractivity contribution >= 4 is 28.4 Å². The molecule has 1 amide bonds. The van der Waals surface area contributed by atoms with Gasteiger partial charge in [-0.25, -0.2) is 0 Å². The zero-order valence-electron chi connectivity index (χ0n) is 15.5. The number of hydrogen-bond acceptors (Lipinski definition) is 2. The maximum Gasteiger partial charge on any atom is 0.251 e. The number of amides is 1. The number of carbonyl (C=O) groups is 1. The molecule has 3 aromatic carbocycles. The molecular formula is C23H20ClN3O. The van der Waals surface area contributed by atoms with Crippen LogP contribution in [0.25, 0.3) is 10.9 Å². The molecule has 28 heavy (non-hydrogen) atoms. The van der Waals surface area contributed by atoms with Gasteiger partial charge in [0, 0.05) is 22.5 Å². The first-order valence-corrected chi connectivity index (χ1v) is 9.51. The van der Waals surface area contributed by atoms with Crippen LogP contribution in [0.5, 0.6) is 0 Å². The first kappa shape index (κ1) is 18.3. The highest BCUT2D eigenvalue weighted by molar-refractivity contribution is 6.30. The highest BCUT2D eigenvalue weighted by atomic mass is 35.5. The summed E-state index contributed by atoms with van der Waals surface area (Å²) in [5.41, 5.74) is 4.88. The summed E-state index contributed by atoms with van der Waals surface area (Å²) in [4.78, 5) is 12.7. The lowest BCUT2D eigenvalue weighted by Crippen LogP contribution is -2.23. The van der Waals surface area contributed by atoms with Crippen molar-refractivity contribution in [2.24, 2.45) is 0 Å². The maximum absolute atomic E-state index is 12.7. The van der Waals surface area contributed by atoms with Gasteiger partial charge in [-0.15, -0.1) is 0 Å². The van der Waals surface area contributed by atoms with Crippen LogP contribution in [0.15, 0.2) is 72.9 Å². The predicted octanol–water partition coefficient (Wildman–Crippen LogP) is 4.98. The number of carbonyl (C=O) groups excluding carboxylic acids is 1. The van der Waals surface area contributed by atoms with Crippen molar-refractivity contribution in [3.05, 3.63) is 100 Å². The molecule has 0 bridgehead atoms. The number of aromatic nitrogens is 2. The average molecular weight is 390 g/mol. The molecule has 4 aromatic rings. The van der Waals surface area contributed by atoms with E-state index in [0.717, 1.165) is 27.6 Å². The van der Waals surface area contributed by atoms with Gasteiger partial charge < -0.3 is 5.32 Å². The van der Waals surface area contributed by atoms with Crippen LogP contribution < -0.4 is 5.32 Å². The fourth-order valence-corrected chi connectivity index (χ4v) is 3.44. The smallest absolute Gasteiger partial charge is 0.251 e. The van der Waals surface area contributed by atoms with E-state index in [1.54, 1.807) is 0 Å². The van der Waals surface area contributed by atoms with E-state index in [0.29, 0.717) is 23.7 Å². The number of fused-ring (bicyclic) bond motifs is 1. The first-order chi connectivity index (χ1) is 13.6. The Bertz CT molecular complexity index is 1150. The molecule has 0 spiro atoms. The lowest BCUT2D eigenvalue weighted by atomic mass is 10.1. The number of nitrogens with one attached hydrogen (secondary N) is 1. The number of benzene rings is 3. The van der Waals surface area contributed by atoms with Gasteiger partial charge in [-0.05, 0) is 47.9 Å². The van der Waals surface area contributed by atoms with Gasteiger partial charge in [-0.3, -0.25) is 9.48 Å². The van der Waals surface area contributed by atoms with E-state index in [9.17, 15) is 4.79 Å². The summed E-state index contributed by atoms with van der Waals surface area (Å²) in [5.74, 6) is -0.0966. The second-order valence-corrected chi connectivity index (χ2v) is 7.25.